The summed E-state index contributed by atoms with van der Waals surface area (Å²) in [6.45, 7) is 3.00. The van der Waals surface area contributed by atoms with E-state index in [2.05, 4.69) is 10.2 Å². The van der Waals surface area contributed by atoms with Crippen LogP contribution in [0.3, 0.4) is 0 Å². The number of methoxy groups -OCH3 is 1. The molecular formula is C17H22N4O4S. The summed E-state index contributed by atoms with van der Waals surface area (Å²) in [7, 11) is -1.60. The van der Waals surface area contributed by atoms with Gasteiger partial charge < -0.3 is 9.64 Å². The third-order valence-electron chi connectivity index (χ3n) is 4.48. The second-order valence-corrected chi connectivity index (χ2v) is 8.24. The van der Waals surface area contributed by atoms with Gasteiger partial charge in [-0.25, -0.2) is 8.42 Å². The molecule has 8 nitrogen and oxygen atoms in total. The molecule has 0 bridgehead atoms. The number of hydrogen-bond donors (Lipinski definition) is 1. The maximum atomic E-state index is 12.6. The quantitative estimate of drug-likeness (QED) is 0.843. The number of hydrogen-bond acceptors (Lipinski definition) is 5. The number of aromatic amines is 1. The van der Waals surface area contributed by atoms with Gasteiger partial charge in [-0.15, -0.1) is 0 Å². The Kier molecular flexibility index (Phi) is 5.28. The minimum atomic E-state index is -3.21. The van der Waals surface area contributed by atoms with Crippen LogP contribution in [0.2, 0.25) is 0 Å². The first-order valence-electron chi connectivity index (χ1n) is 8.41. The van der Waals surface area contributed by atoms with E-state index in [9.17, 15) is 13.2 Å². The molecule has 2 heterocycles. The number of rotatable bonds is 5. The minimum absolute atomic E-state index is 0.0761. The lowest BCUT2D eigenvalue weighted by Crippen LogP contribution is -2.50. The first-order chi connectivity index (χ1) is 12.4. The number of H-pyrrole nitrogens is 1. The average molecular weight is 378 g/mol. The zero-order valence-electron chi connectivity index (χ0n) is 14.8. The summed E-state index contributed by atoms with van der Waals surface area (Å²) >= 11 is 0. The predicted octanol–water partition coefficient (Wildman–Crippen LogP) is 1.19. The van der Waals surface area contributed by atoms with Gasteiger partial charge in [-0.3, -0.25) is 9.89 Å². The second kappa shape index (κ2) is 7.46. The molecule has 1 aromatic carbocycles. The molecule has 0 unspecified atom stereocenters. The van der Waals surface area contributed by atoms with Crippen molar-refractivity contribution in [1.82, 2.24) is 19.4 Å². The Morgan fingerprint density at radius 1 is 1.19 bits per heavy atom. The lowest BCUT2D eigenvalue weighted by molar-refractivity contribution is 0.0692. The number of nitrogens with zero attached hydrogens (tertiary/aromatic N) is 3. The van der Waals surface area contributed by atoms with E-state index in [4.69, 9.17) is 4.74 Å². The SMILES string of the molecule is CCS(=O)(=O)N1CCN(C(=O)c2cc(-c3ccc(OC)cc3)n[nH]2)CC1. The van der Waals surface area contributed by atoms with Gasteiger partial charge in [0.1, 0.15) is 11.4 Å². The minimum Gasteiger partial charge on any atom is -0.497 e. The van der Waals surface area contributed by atoms with Crippen molar-refractivity contribution in [3.63, 3.8) is 0 Å². The van der Waals surface area contributed by atoms with Gasteiger partial charge >= 0.3 is 0 Å². The summed E-state index contributed by atoms with van der Waals surface area (Å²) in [5.74, 6) is 0.651. The van der Waals surface area contributed by atoms with E-state index in [1.165, 1.54) is 4.31 Å². The zero-order chi connectivity index (χ0) is 18.7. The Morgan fingerprint density at radius 2 is 1.85 bits per heavy atom. The van der Waals surface area contributed by atoms with Crippen LogP contribution in [0.4, 0.5) is 0 Å². The molecule has 1 aromatic heterocycles. The Morgan fingerprint density at radius 3 is 2.42 bits per heavy atom. The highest BCUT2D eigenvalue weighted by atomic mass is 32.2. The normalized spacial score (nSPS) is 15.8. The van der Waals surface area contributed by atoms with Crippen LogP contribution in [0.25, 0.3) is 11.3 Å². The molecular weight excluding hydrogens is 356 g/mol. The van der Waals surface area contributed by atoms with Crippen LogP contribution in [0, 0.1) is 0 Å². The van der Waals surface area contributed by atoms with Crippen LogP contribution < -0.4 is 4.74 Å². The smallest absolute Gasteiger partial charge is 0.271 e. The molecule has 9 heteroatoms. The van der Waals surface area contributed by atoms with Gasteiger partial charge in [0, 0.05) is 31.7 Å². The maximum Gasteiger partial charge on any atom is 0.271 e. The highest BCUT2D eigenvalue weighted by Gasteiger charge is 2.28. The molecule has 0 radical (unpaired) electrons. The summed E-state index contributed by atoms with van der Waals surface area (Å²) < 4.78 is 30.4. The Labute approximate surface area is 152 Å². The fourth-order valence-electron chi connectivity index (χ4n) is 2.86. The fraction of sp³-hybridized carbons (Fsp3) is 0.412. The van der Waals surface area contributed by atoms with E-state index >= 15 is 0 Å². The van der Waals surface area contributed by atoms with Gasteiger partial charge in [0.05, 0.1) is 18.6 Å². The van der Waals surface area contributed by atoms with Gasteiger partial charge in [-0.2, -0.15) is 9.40 Å². The molecule has 1 fully saturated rings. The molecule has 140 valence electrons. The van der Waals surface area contributed by atoms with Gasteiger partial charge in [0.25, 0.3) is 5.91 Å². The molecule has 1 aliphatic rings. The molecule has 1 saturated heterocycles. The predicted molar refractivity (Wildman–Crippen MR) is 97.5 cm³/mol. The first kappa shape index (κ1) is 18.4. The first-order valence-corrected chi connectivity index (χ1v) is 10.0. The van der Waals surface area contributed by atoms with Crippen LogP contribution in [-0.4, -0.2) is 72.8 Å². The maximum absolute atomic E-state index is 12.6. The number of nitrogens with one attached hydrogen (secondary N) is 1. The average Bonchev–Trinajstić information content (AvgIpc) is 3.17. The van der Waals surface area contributed by atoms with Crippen molar-refractivity contribution in [3.8, 4) is 17.0 Å². The number of ether oxygens (including phenoxy) is 1. The van der Waals surface area contributed by atoms with Crippen molar-refractivity contribution in [1.29, 1.82) is 0 Å². The van der Waals surface area contributed by atoms with Gasteiger partial charge in [-0.05, 0) is 37.3 Å². The van der Waals surface area contributed by atoms with E-state index < -0.39 is 10.0 Å². The number of carbonyl (C=O) groups is 1. The highest BCUT2D eigenvalue weighted by Crippen LogP contribution is 2.22. The topological polar surface area (TPSA) is 95.6 Å². The van der Waals surface area contributed by atoms with Crippen LogP contribution in [0.1, 0.15) is 17.4 Å². The second-order valence-electron chi connectivity index (χ2n) is 5.99. The monoisotopic (exact) mass is 378 g/mol. The standard InChI is InChI=1S/C17H22N4O4S/c1-3-26(23,24)21-10-8-20(9-11-21)17(22)16-12-15(18-19-16)13-4-6-14(25-2)7-5-13/h4-7,12H,3,8-11H2,1-2H3,(H,18,19). The summed E-state index contributed by atoms with van der Waals surface area (Å²) in [4.78, 5) is 14.3. The molecule has 2 aromatic rings. The number of piperazine rings is 1. The molecule has 26 heavy (non-hydrogen) atoms. The molecule has 0 saturated carbocycles. The molecule has 1 amide bonds. The van der Waals surface area contributed by atoms with Crippen LogP contribution >= 0.6 is 0 Å². The Hall–Kier alpha value is -2.39. The molecule has 1 N–H and O–H groups in total. The number of benzene rings is 1. The summed E-state index contributed by atoms with van der Waals surface area (Å²) in [6.07, 6.45) is 0. The number of carbonyl (C=O) groups excluding carboxylic acids is 1. The fourth-order valence-corrected chi connectivity index (χ4v) is 3.95. The van der Waals surface area contributed by atoms with Crippen molar-refractivity contribution in [3.05, 3.63) is 36.0 Å². The number of sulfonamides is 1. The summed E-state index contributed by atoms with van der Waals surface area (Å²) in [5, 5.41) is 6.98. The van der Waals surface area contributed by atoms with Crippen molar-refractivity contribution >= 4 is 15.9 Å². The van der Waals surface area contributed by atoms with Gasteiger partial charge in [0.2, 0.25) is 10.0 Å². The Balaban J connectivity index is 1.67. The van der Waals surface area contributed by atoms with E-state index in [1.54, 1.807) is 25.0 Å². The lowest BCUT2D eigenvalue weighted by atomic mass is 10.1. The molecule has 3 rings (SSSR count). The van der Waals surface area contributed by atoms with Crippen LogP contribution in [0.5, 0.6) is 5.75 Å². The summed E-state index contributed by atoms with van der Waals surface area (Å²) in [5.41, 5.74) is 1.94. The lowest BCUT2D eigenvalue weighted by Gasteiger charge is -2.33. The third kappa shape index (κ3) is 3.73. The van der Waals surface area contributed by atoms with Gasteiger partial charge in [-0.1, -0.05) is 0 Å². The third-order valence-corrected chi connectivity index (χ3v) is 6.36. The van der Waals surface area contributed by atoms with E-state index in [0.717, 1.165) is 11.3 Å². The molecule has 0 spiro atoms. The summed E-state index contributed by atoms with van der Waals surface area (Å²) in [6, 6.07) is 9.12. The van der Waals surface area contributed by atoms with Crippen LogP contribution in [-0.2, 0) is 10.0 Å². The van der Waals surface area contributed by atoms with E-state index in [0.29, 0.717) is 37.6 Å². The Bertz CT molecular complexity index is 868. The van der Waals surface area contributed by atoms with Crippen molar-refractivity contribution in [2.75, 3.05) is 39.0 Å². The van der Waals surface area contributed by atoms with Gasteiger partial charge in [0.15, 0.2) is 0 Å². The van der Waals surface area contributed by atoms with Crippen molar-refractivity contribution in [2.45, 2.75) is 6.92 Å². The van der Waals surface area contributed by atoms with E-state index in [1.807, 2.05) is 24.3 Å². The molecule has 1 aliphatic heterocycles. The number of amides is 1. The van der Waals surface area contributed by atoms with Crippen molar-refractivity contribution < 1.29 is 17.9 Å². The molecule has 0 aliphatic carbocycles. The highest BCUT2D eigenvalue weighted by molar-refractivity contribution is 7.89. The number of aromatic nitrogens is 2. The zero-order valence-corrected chi connectivity index (χ0v) is 15.6. The molecule has 0 atom stereocenters. The van der Waals surface area contributed by atoms with E-state index in [-0.39, 0.29) is 11.7 Å². The largest absolute Gasteiger partial charge is 0.497 e. The van der Waals surface area contributed by atoms with Crippen molar-refractivity contribution in [2.24, 2.45) is 0 Å². The van der Waals surface area contributed by atoms with Crippen LogP contribution in [0.15, 0.2) is 30.3 Å².